The highest BCUT2D eigenvalue weighted by molar-refractivity contribution is 7.09. The lowest BCUT2D eigenvalue weighted by Gasteiger charge is -2.26. The predicted molar refractivity (Wildman–Crippen MR) is 123 cm³/mol. The number of rotatable bonds is 9. The van der Waals surface area contributed by atoms with E-state index in [0.717, 1.165) is 22.7 Å². The average Bonchev–Trinajstić information content (AvgIpc) is 3.52. The summed E-state index contributed by atoms with van der Waals surface area (Å²) in [5, 5.41) is 0. The van der Waals surface area contributed by atoms with Gasteiger partial charge in [0.05, 0.1) is 44.5 Å². The minimum atomic E-state index is -0.327. The Morgan fingerprint density at radius 1 is 1.19 bits per heavy atom. The van der Waals surface area contributed by atoms with E-state index in [-0.39, 0.29) is 12.1 Å². The first-order valence-electron chi connectivity index (χ1n) is 10.5. The maximum absolute atomic E-state index is 12.0. The molecule has 1 saturated heterocycles. The van der Waals surface area contributed by atoms with Crippen LogP contribution in [0.15, 0.2) is 54.2 Å². The Labute approximate surface area is 191 Å². The molecule has 0 N–H and O–H groups in total. The molecule has 4 rings (SSSR count). The topological polar surface area (TPSA) is 70.1 Å². The molecule has 32 heavy (non-hydrogen) atoms. The van der Waals surface area contributed by atoms with Crippen molar-refractivity contribution in [2.45, 2.75) is 26.0 Å². The lowest BCUT2D eigenvalue weighted by Crippen LogP contribution is -2.18. The van der Waals surface area contributed by atoms with Crippen LogP contribution >= 0.6 is 11.3 Å². The first kappa shape index (κ1) is 22.1. The number of carbonyl (C=O) groups excluding carboxylic acids is 1. The molecule has 1 aliphatic heterocycles. The summed E-state index contributed by atoms with van der Waals surface area (Å²) in [5.41, 5.74) is 4.22. The van der Waals surface area contributed by atoms with E-state index in [1.54, 1.807) is 37.5 Å². The molecule has 2 heterocycles. The standard InChI is InChI=1S/C24H26N2O5S/c1-3-30-24(27)17-4-6-18(7-5-17)26(14-21-13-25-16-32-21)19-8-9-22(28-2)23(12-19)31-20-10-11-29-15-20/h4-9,12-13,16,20H,3,10-11,14-15H2,1-2H3/t20-/m1/s1. The predicted octanol–water partition coefficient (Wildman–Crippen LogP) is 4.83. The Kier molecular flexibility index (Phi) is 7.24. The number of benzene rings is 2. The minimum Gasteiger partial charge on any atom is -0.493 e. The number of hydrogen-bond donors (Lipinski definition) is 0. The molecule has 1 aromatic heterocycles. The number of aromatic nitrogens is 1. The zero-order valence-electron chi connectivity index (χ0n) is 18.2. The van der Waals surface area contributed by atoms with E-state index >= 15 is 0 Å². The van der Waals surface area contributed by atoms with Crippen LogP contribution in [0, 0.1) is 0 Å². The Hall–Kier alpha value is -3.10. The third kappa shape index (κ3) is 5.20. The maximum atomic E-state index is 12.0. The van der Waals surface area contributed by atoms with Crippen molar-refractivity contribution >= 4 is 28.7 Å². The Morgan fingerprint density at radius 2 is 2.00 bits per heavy atom. The van der Waals surface area contributed by atoms with E-state index in [1.165, 1.54) is 0 Å². The molecular weight excluding hydrogens is 428 g/mol. The zero-order valence-corrected chi connectivity index (χ0v) is 19.0. The van der Waals surface area contributed by atoms with Gasteiger partial charge in [-0.1, -0.05) is 0 Å². The van der Waals surface area contributed by atoms with Gasteiger partial charge < -0.3 is 23.8 Å². The van der Waals surface area contributed by atoms with Crippen molar-refractivity contribution in [1.82, 2.24) is 4.98 Å². The van der Waals surface area contributed by atoms with Crippen LogP contribution in [0.3, 0.4) is 0 Å². The summed E-state index contributed by atoms with van der Waals surface area (Å²) in [4.78, 5) is 19.5. The quantitative estimate of drug-likeness (QED) is 0.429. The molecule has 0 spiro atoms. The van der Waals surface area contributed by atoms with Crippen molar-refractivity contribution in [2.24, 2.45) is 0 Å². The first-order valence-corrected chi connectivity index (χ1v) is 11.4. The van der Waals surface area contributed by atoms with Gasteiger partial charge in [0.25, 0.3) is 0 Å². The van der Waals surface area contributed by atoms with Gasteiger partial charge in [-0.05, 0) is 43.3 Å². The maximum Gasteiger partial charge on any atom is 0.338 e. The van der Waals surface area contributed by atoms with Gasteiger partial charge in [0.1, 0.15) is 6.10 Å². The van der Waals surface area contributed by atoms with Gasteiger partial charge in [0, 0.05) is 34.9 Å². The number of hydrogen-bond acceptors (Lipinski definition) is 8. The first-order chi connectivity index (χ1) is 15.7. The van der Waals surface area contributed by atoms with E-state index in [2.05, 4.69) is 9.88 Å². The molecule has 1 aliphatic rings. The molecule has 0 bridgehead atoms. The van der Waals surface area contributed by atoms with Crippen LogP contribution < -0.4 is 14.4 Å². The summed E-state index contributed by atoms with van der Waals surface area (Å²) in [5.74, 6) is 1.03. The fraction of sp³-hybridized carbons (Fsp3) is 0.333. The molecule has 0 aliphatic carbocycles. The smallest absolute Gasteiger partial charge is 0.338 e. The summed E-state index contributed by atoms with van der Waals surface area (Å²) in [6, 6.07) is 13.3. The number of carbonyl (C=O) groups is 1. The number of esters is 1. The molecule has 0 unspecified atom stereocenters. The third-order valence-corrected chi connectivity index (χ3v) is 5.89. The molecule has 0 amide bonds. The highest BCUT2D eigenvalue weighted by Crippen LogP contribution is 2.37. The molecule has 168 valence electrons. The normalized spacial score (nSPS) is 15.4. The number of anilines is 2. The molecule has 3 aromatic rings. The molecule has 1 atom stereocenters. The van der Waals surface area contributed by atoms with Gasteiger partial charge in [-0.15, -0.1) is 11.3 Å². The highest BCUT2D eigenvalue weighted by atomic mass is 32.1. The SMILES string of the molecule is CCOC(=O)c1ccc(N(Cc2cncs2)c2ccc(OC)c(O[C@@H]3CCOC3)c2)cc1. The van der Waals surface area contributed by atoms with E-state index in [0.29, 0.717) is 43.4 Å². The van der Waals surface area contributed by atoms with Crippen molar-refractivity contribution < 1.29 is 23.7 Å². The van der Waals surface area contributed by atoms with Crippen LogP contribution in [0.2, 0.25) is 0 Å². The van der Waals surface area contributed by atoms with Crippen LogP contribution in [0.4, 0.5) is 11.4 Å². The summed E-state index contributed by atoms with van der Waals surface area (Å²) in [7, 11) is 1.64. The van der Waals surface area contributed by atoms with Crippen LogP contribution in [0.1, 0.15) is 28.6 Å². The largest absolute Gasteiger partial charge is 0.493 e. The van der Waals surface area contributed by atoms with E-state index in [9.17, 15) is 4.79 Å². The van der Waals surface area contributed by atoms with E-state index in [4.69, 9.17) is 18.9 Å². The van der Waals surface area contributed by atoms with Crippen LogP contribution in [0.25, 0.3) is 0 Å². The fourth-order valence-corrected chi connectivity index (χ4v) is 4.09. The number of nitrogens with zero attached hydrogens (tertiary/aromatic N) is 2. The Balaban J connectivity index is 1.66. The summed E-state index contributed by atoms with van der Waals surface area (Å²) in [6.07, 6.45) is 2.73. The van der Waals surface area contributed by atoms with Gasteiger partial charge in [-0.2, -0.15) is 0 Å². The minimum absolute atomic E-state index is 0.0120. The van der Waals surface area contributed by atoms with Gasteiger partial charge in [0.15, 0.2) is 11.5 Å². The number of ether oxygens (including phenoxy) is 4. The molecule has 0 saturated carbocycles. The second-order valence-corrected chi connectivity index (χ2v) is 8.23. The average molecular weight is 455 g/mol. The molecule has 7 nitrogen and oxygen atoms in total. The van der Waals surface area contributed by atoms with Crippen LogP contribution in [0.5, 0.6) is 11.5 Å². The summed E-state index contributed by atoms with van der Waals surface area (Å²) >= 11 is 1.59. The second-order valence-electron chi connectivity index (χ2n) is 7.26. The van der Waals surface area contributed by atoms with E-state index in [1.807, 2.05) is 42.0 Å². The van der Waals surface area contributed by atoms with Gasteiger partial charge in [-0.25, -0.2) is 4.79 Å². The van der Waals surface area contributed by atoms with Crippen molar-refractivity contribution in [3.05, 3.63) is 64.6 Å². The molecule has 2 aromatic carbocycles. The Morgan fingerprint density at radius 3 is 2.66 bits per heavy atom. The van der Waals surface area contributed by atoms with Gasteiger partial charge >= 0.3 is 5.97 Å². The molecular formula is C24H26N2O5S. The van der Waals surface area contributed by atoms with Crippen LogP contribution in [-0.2, 0) is 16.0 Å². The molecule has 1 fully saturated rings. The van der Waals surface area contributed by atoms with Crippen molar-refractivity contribution in [3.63, 3.8) is 0 Å². The van der Waals surface area contributed by atoms with Crippen LogP contribution in [-0.4, -0.2) is 44.0 Å². The monoisotopic (exact) mass is 454 g/mol. The third-order valence-electron chi connectivity index (χ3n) is 5.13. The Bertz CT molecular complexity index is 1020. The second kappa shape index (κ2) is 10.5. The van der Waals surface area contributed by atoms with Crippen molar-refractivity contribution in [1.29, 1.82) is 0 Å². The van der Waals surface area contributed by atoms with Crippen molar-refractivity contribution in [2.75, 3.05) is 31.8 Å². The summed E-state index contributed by atoms with van der Waals surface area (Å²) < 4.78 is 22.3. The fourth-order valence-electron chi connectivity index (χ4n) is 3.51. The lowest BCUT2D eigenvalue weighted by atomic mass is 10.1. The van der Waals surface area contributed by atoms with Gasteiger partial charge in [-0.3, -0.25) is 4.98 Å². The van der Waals surface area contributed by atoms with Crippen molar-refractivity contribution in [3.8, 4) is 11.5 Å². The lowest BCUT2D eigenvalue weighted by molar-refractivity contribution is 0.0526. The molecule has 8 heteroatoms. The number of thiazole rings is 1. The van der Waals surface area contributed by atoms with E-state index < -0.39 is 0 Å². The number of methoxy groups -OCH3 is 1. The summed E-state index contributed by atoms with van der Waals surface area (Å²) in [6.45, 7) is 4.05. The zero-order chi connectivity index (χ0) is 22.3. The molecule has 0 radical (unpaired) electrons. The van der Waals surface area contributed by atoms with Gasteiger partial charge in [0.2, 0.25) is 0 Å². The highest BCUT2D eigenvalue weighted by Gasteiger charge is 2.21.